The molecule has 0 aliphatic carbocycles. The number of nitrogens with zero attached hydrogens (tertiary/aromatic N) is 3. The highest BCUT2D eigenvalue weighted by atomic mass is 32.1. The van der Waals surface area contributed by atoms with Gasteiger partial charge in [0.2, 0.25) is 4.80 Å². The van der Waals surface area contributed by atoms with Crippen LogP contribution in [0.3, 0.4) is 0 Å². The first-order chi connectivity index (χ1) is 13.1. The van der Waals surface area contributed by atoms with Gasteiger partial charge in [-0.05, 0) is 49.7 Å². The Labute approximate surface area is 161 Å². The van der Waals surface area contributed by atoms with Crippen LogP contribution in [0.1, 0.15) is 19.4 Å². The lowest BCUT2D eigenvalue weighted by Gasteiger charge is -2.06. The second-order valence-electron chi connectivity index (χ2n) is 5.87. The van der Waals surface area contributed by atoms with Crippen LogP contribution in [0.15, 0.2) is 68.6 Å². The summed E-state index contributed by atoms with van der Waals surface area (Å²) in [5, 5.41) is 16.4. The molecule has 0 unspecified atom stereocenters. The molecular formula is C20H21N3O3S. The smallest absolute Gasteiger partial charge is 0.206 e. The summed E-state index contributed by atoms with van der Waals surface area (Å²) in [4.78, 5) is 5.31. The second-order valence-corrected chi connectivity index (χ2v) is 6.71. The number of aromatic hydroxyl groups is 1. The molecule has 0 aliphatic rings. The van der Waals surface area contributed by atoms with Gasteiger partial charge in [0.1, 0.15) is 5.69 Å². The molecule has 2 aromatic heterocycles. The van der Waals surface area contributed by atoms with Gasteiger partial charge in [-0.1, -0.05) is 12.2 Å². The van der Waals surface area contributed by atoms with Crippen LogP contribution in [0, 0.1) is 0 Å². The van der Waals surface area contributed by atoms with Crippen LogP contribution in [0.5, 0.6) is 11.5 Å². The van der Waals surface area contributed by atoms with Gasteiger partial charge in [0.25, 0.3) is 0 Å². The minimum Gasteiger partial charge on any atom is -0.504 e. The number of benzene rings is 1. The van der Waals surface area contributed by atoms with Crippen molar-refractivity contribution in [2.75, 3.05) is 13.2 Å². The van der Waals surface area contributed by atoms with Gasteiger partial charge in [-0.15, -0.1) is 11.3 Å². The van der Waals surface area contributed by atoms with Gasteiger partial charge in [-0.3, -0.25) is 4.99 Å². The number of aromatic nitrogens is 1. The molecule has 0 atom stereocenters. The molecule has 0 aliphatic heterocycles. The van der Waals surface area contributed by atoms with E-state index in [-0.39, 0.29) is 5.75 Å². The van der Waals surface area contributed by atoms with E-state index in [1.807, 2.05) is 31.4 Å². The van der Waals surface area contributed by atoms with Crippen molar-refractivity contribution in [3.63, 3.8) is 0 Å². The maximum absolute atomic E-state index is 9.84. The first-order valence-corrected chi connectivity index (χ1v) is 9.36. The molecule has 3 aromatic rings. The summed E-state index contributed by atoms with van der Waals surface area (Å²) in [6.07, 6.45) is 3.32. The molecule has 0 saturated carbocycles. The van der Waals surface area contributed by atoms with Crippen molar-refractivity contribution in [3.8, 4) is 23.0 Å². The predicted molar refractivity (Wildman–Crippen MR) is 108 cm³/mol. The van der Waals surface area contributed by atoms with E-state index < -0.39 is 0 Å². The van der Waals surface area contributed by atoms with Gasteiger partial charge in [0, 0.05) is 5.38 Å². The minimum absolute atomic E-state index is 0.102. The lowest BCUT2D eigenvalue weighted by atomic mass is 10.2. The molecule has 0 fully saturated rings. The van der Waals surface area contributed by atoms with Crippen molar-refractivity contribution in [1.29, 1.82) is 0 Å². The summed E-state index contributed by atoms with van der Waals surface area (Å²) < 4.78 is 12.7. The van der Waals surface area contributed by atoms with Crippen LogP contribution in [0.2, 0.25) is 0 Å². The number of ether oxygens (including phenoxy) is 1. The molecule has 0 amide bonds. The average molecular weight is 383 g/mol. The van der Waals surface area contributed by atoms with Gasteiger partial charge in [0.05, 0.1) is 25.6 Å². The van der Waals surface area contributed by atoms with E-state index in [1.165, 1.54) is 11.3 Å². The molecule has 1 aromatic carbocycles. The third-order valence-electron chi connectivity index (χ3n) is 3.55. The fourth-order valence-corrected chi connectivity index (χ4v) is 3.14. The van der Waals surface area contributed by atoms with Crippen molar-refractivity contribution < 1.29 is 14.3 Å². The van der Waals surface area contributed by atoms with Crippen LogP contribution in [-0.2, 0) is 0 Å². The van der Waals surface area contributed by atoms with E-state index >= 15 is 0 Å². The highest BCUT2D eigenvalue weighted by Gasteiger charge is 2.10. The zero-order valence-corrected chi connectivity index (χ0v) is 16.1. The largest absolute Gasteiger partial charge is 0.504 e. The predicted octanol–water partition coefficient (Wildman–Crippen LogP) is 4.27. The molecule has 3 rings (SSSR count). The SMILES string of the molecule is C=C(C)CN=c1scc(-c2ccco2)n1N=Cc1ccc(O)c(OCC)c1. The fraction of sp³-hybridized carbons (Fsp3) is 0.200. The highest BCUT2D eigenvalue weighted by molar-refractivity contribution is 7.07. The summed E-state index contributed by atoms with van der Waals surface area (Å²) in [6.45, 7) is 8.70. The summed E-state index contributed by atoms with van der Waals surface area (Å²) in [5.74, 6) is 1.24. The van der Waals surface area contributed by atoms with E-state index in [4.69, 9.17) is 9.15 Å². The third kappa shape index (κ3) is 4.57. The van der Waals surface area contributed by atoms with E-state index in [0.717, 1.165) is 21.6 Å². The molecule has 0 saturated heterocycles. The number of phenols is 1. The molecular weight excluding hydrogens is 362 g/mol. The Morgan fingerprint density at radius 2 is 2.26 bits per heavy atom. The van der Waals surface area contributed by atoms with Crippen molar-refractivity contribution in [3.05, 3.63) is 64.5 Å². The Morgan fingerprint density at radius 1 is 1.41 bits per heavy atom. The maximum Gasteiger partial charge on any atom is 0.206 e. The number of furan rings is 1. The summed E-state index contributed by atoms with van der Waals surface area (Å²) in [5.41, 5.74) is 2.58. The Balaban J connectivity index is 2.01. The number of thiazole rings is 1. The van der Waals surface area contributed by atoms with Crippen molar-refractivity contribution in [1.82, 2.24) is 4.68 Å². The second kappa shape index (κ2) is 8.55. The van der Waals surface area contributed by atoms with Gasteiger partial charge < -0.3 is 14.3 Å². The van der Waals surface area contributed by atoms with Crippen LogP contribution in [-0.4, -0.2) is 29.1 Å². The molecule has 6 nitrogen and oxygen atoms in total. The van der Waals surface area contributed by atoms with Crippen LogP contribution in [0.4, 0.5) is 0 Å². The molecule has 7 heteroatoms. The Bertz CT molecular complexity index is 1010. The number of phenolic OH excluding ortho intramolecular Hbond substituents is 1. The monoisotopic (exact) mass is 383 g/mol. The lowest BCUT2D eigenvalue weighted by Crippen LogP contribution is -2.12. The van der Waals surface area contributed by atoms with E-state index in [1.54, 1.807) is 35.4 Å². The zero-order chi connectivity index (χ0) is 19.2. The molecule has 0 bridgehead atoms. The normalized spacial score (nSPS) is 12.0. The fourth-order valence-electron chi connectivity index (χ4n) is 2.32. The first kappa shape index (κ1) is 18.7. The Morgan fingerprint density at radius 3 is 2.96 bits per heavy atom. The van der Waals surface area contributed by atoms with Crippen molar-refractivity contribution >= 4 is 17.6 Å². The maximum atomic E-state index is 9.84. The zero-order valence-electron chi connectivity index (χ0n) is 15.3. The number of hydrogen-bond acceptors (Lipinski definition) is 6. The lowest BCUT2D eigenvalue weighted by molar-refractivity contribution is 0.318. The van der Waals surface area contributed by atoms with Gasteiger partial charge >= 0.3 is 0 Å². The van der Waals surface area contributed by atoms with E-state index in [2.05, 4.69) is 16.7 Å². The molecule has 0 radical (unpaired) electrons. The topological polar surface area (TPSA) is 72.2 Å². The first-order valence-electron chi connectivity index (χ1n) is 8.48. The van der Waals surface area contributed by atoms with Gasteiger partial charge in [0.15, 0.2) is 17.3 Å². The van der Waals surface area contributed by atoms with Gasteiger partial charge in [-0.25, -0.2) is 4.68 Å². The average Bonchev–Trinajstić information content (AvgIpc) is 3.30. The van der Waals surface area contributed by atoms with Crippen molar-refractivity contribution in [2.24, 2.45) is 10.1 Å². The Kier molecular flexibility index (Phi) is 5.93. The molecule has 1 N–H and O–H groups in total. The van der Waals surface area contributed by atoms with Crippen molar-refractivity contribution in [2.45, 2.75) is 13.8 Å². The third-order valence-corrected chi connectivity index (χ3v) is 4.40. The molecule has 0 spiro atoms. The molecule has 2 heterocycles. The highest BCUT2D eigenvalue weighted by Crippen LogP contribution is 2.26. The number of hydrogen-bond donors (Lipinski definition) is 1. The molecule has 140 valence electrons. The van der Waals surface area contributed by atoms with Crippen LogP contribution >= 0.6 is 11.3 Å². The van der Waals surface area contributed by atoms with Crippen LogP contribution < -0.4 is 9.54 Å². The standard InChI is InChI=1S/C20H21N3O3S/c1-4-25-19-10-15(7-8-17(19)24)12-22-23-16(18-6-5-9-26-18)13-27-20(23)21-11-14(2)3/h5-10,12-13,24H,2,4,11H2,1,3H3. The van der Waals surface area contributed by atoms with Crippen LogP contribution in [0.25, 0.3) is 11.5 Å². The Hall–Kier alpha value is -3.06. The number of rotatable bonds is 7. The van der Waals surface area contributed by atoms with E-state index in [9.17, 15) is 5.11 Å². The molecule has 27 heavy (non-hydrogen) atoms. The van der Waals surface area contributed by atoms with Gasteiger partial charge in [-0.2, -0.15) is 5.10 Å². The van der Waals surface area contributed by atoms with E-state index in [0.29, 0.717) is 24.7 Å². The summed E-state index contributed by atoms with van der Waals surface area (Å²) in [7, 11) is 0. The summed E-state index contributed by atoms with van der Waals surface area (Å²) in [6, 6.07) is 8.81. The minimum atomic E-state index is 0.102. The summed E-state index contributed by atoms with van der Waals surface area (Å²) >= 11 is 1.48. The quantitative estimate of drug-likeness (QED) is 0.489.